The van der Waals surface area contributed by atoms with Crippen LogP contribution >= 0.6 is 0 Å². The number of carbonyl (C=O) groups excluding carboxylic acids is 3. The van der Waals surface area contributed by atoms with E-state index >= 15 is 0 Å². The molecule has 11 heteroatoms. The number of amides is 4. The topological polar surface area (TPSA) is 96.8 Å². The largest absolute Gasteiger partial charge is 0.417 e. The van der Waals surface area contributed by atoms with Gasteiger partial charge in [0.2, 0.25) is 0 Å². The van der Waals surface area contributed by atoms with Gasteiger partial charge in [-0.25, -0.2) is 9.69 Å². The van der Waals surface area contributed by atoms with E-state index in [1.54, 1.807) is 0 Å². The van der Waals surface area contributed by atoms with Crippen molar-refractivity contribution in [2.24, 2.45) is 0 Å². The van der Waals surface area contributed by atoms with E-state index in [2.05, 4.69) is 10.2 Å². The molecule has 0 saturated carbocycles. The molecule has 38 heavy (non-hydrogen) atoms. The highest BCUT2D eigenvalue weighted by Crippen LogP contribution is 2.36. The second-order valence-electron chi connectivity index (χ2n) is 10.7. The van der Waals surface area contributed by atoms with Crippen molar-refractivity contribution in [2.45, 2.75) is 65.1 Å². The highest BCUT2D eigenvalue weighted by Gasteiger charge is 2.39. The molecule has 4 amide bonds. The normalized spacial score (nSPS) is 17.3. The van der Waals surface area contributed by atoms with E-state index < -0.39 is 29.1 Å². The monoisotopic (exact) mass is 533 g/mol. The third-order valence-electron chi connectivity index (χ3n) is 6.67. The van der Waals surface area contributed by atoms with Crippen molar-refractivity contribution < 1.29 is 27.6 Å². The van der Waals surface area contributed by atoms with Gasteiger partial charge in [0.1, 0.15) is 0 Å². The second kappa shape index (κ2) is 11.6. The lowest BCUT2D eigenvalue weighted by atomic mass is 10.0. The molecule has 3 rings (SSSR count). The molecule has 2 aliphatic heterocycles. The summed E-state index contributed by atoms with van der Waals surface area (Å²) < 4.78 is 40.1. The molecule has 1 N–H and O–H groups in total. The summed E-state index contributed by atoms with van der Waals surface area (Å²) in [6, 6.07) is 4.28. The third-order valence-corrected chi connectivity index (χ3v) is 6.67. The van der Waals surface area contributed by atoms with Crippen LogP contribution in [0.25, 0.3) is 0 Å². The third kappa shape index (κ3) is 6.92. The Labute approximate surface area is 221 Å². The fourth-order valence-electron chi connectivity index (χ4n) is 4.61. The lowest BCUT2D eigenvalue weighted by Crippen LogP contribution is -2.55. The number of benzene rings is 1. The Morgan fingerprint density at radius 3 is 2.26 bits per heavy atom. The van der Waals surface area contributed by atoms with Crippen LogP contribution in [0.1, 0.15) is 64.5 Å². The van der Waals surface area contributed by atoms with Crippen molar-refractivity contribution in [1.29, 1.82) is 5.26 Å². The van der Waals surface area contributed by atoms with Gasteiger partial charge in [-0.3, -0.25) is 14.5 Å². The predicted octanol–water partition coefficient (Wildman–Crippen LogP) is 4.45. The number of urea groups is 1. The van der Waals surface area contributed by atoms with Gasteiger partial charge in [-0.05, 0) is 71.7 Å². The van der Waals surface area contributed by atoms with Gasteiger partial charge < -0.3 is 10.2 Å². The van der Waals surface area contributed by atoms with Crippen molar-refractivity contribution in [1.82, 2.24) is 15.1 Å². The van der Waals surface area contributed by atoms with E-state index in [0.29, 0.717) is 37.6 Å². The number of rotatable bonds is 7. The van der Waals surface area contributed by atoms with Crippen molar-refractivity contribution >= 4 is 23.5 Å². The fourth-order valence-corrected chi connectivity index (χ4v) is 4.61. The summed E-state index contributed by atoms with van der Waals surface area (Å²) in [5, 5.41) is 12.0. The molecule has 1 fully saturated rings. The number of anilines is 1. The van der Waals surface area contributed by atoms with Gasteiger partial charge in [-0.2, -0.15) is 18.4 Å². The summed E-state index contributed by atoms with van der Waals surface area (Å²) in [6.45, 7) is 11.1. The number of halogens is 3. The molecule has 0 atom stereocenters. The highest BCUT2D eigenvalue weighted by molar-refractivity contribution is 6.32. The number of carbonyl (C=O) groups is 3. The minimum absolute atomic E-state index is 0.0544. The van der Waals surface area contributed by atoms with Crippen molar-refractivity contribution in [2.75, 3.05) is 37.6 Å². The lowest BCUT2D eigenvalue weighted by molar-refractivity contribution is -0.138. The van der Waals surface area contributed by atoms with Crippen LogP contribution < -0.4 is 10.2 Å². The molecule has 0 aromatic heterocycles. The van der Waals surface area contributed by atoms with Gasteiger partial charge in [0.25, 0.3) is 11.8 Å². The van der Waals surface area contributed by atoms with Crippen molar-refractivity contribution in [3.63, 3.8) is 0 Å². The van der Waals surface area contributed by atoms with E-state index in [4.69, 9.17) is 5.26 Å². The van der Waals surface area contributed by atoms with E-state index in [-0.39, 0.29) is 22.8 Å². The molecule has 0 aliphatic carbocycles. The number of nitriles is 1. The Morgan fingerprint density at radius 1 is 1.03 bits per heavy atom. The molecule has 206 valence electrons. The Bertz CT molecular complexity index is 1160. The van der Waals surface area contributed by atoms with Crippen LogP contribution in [0.5, 0.6) is 0 Å². The molecule has 1 aromatic carbocycles. The number of nitrogens with one attached hydrogen (secondary N) is 1. The molecule has 1 saturated heterocycles. The van der Waals surface area contributed by atoms with Crippen LogP contribution in [-0.2, 0) is 15.8 Å². The molecular weight excluding hydrogens is 499 g/mol. The summed E-state index contributed by atoms with van der Waals surface area (Å²) in [5.74, 6) is -1.26. The Hall–Kier alpha value is -3.39. The molecule has 0 unspecified atom stereocenters. The maximum atomic E-state index is 13.4. The summed E-state index contributed by atoms with van der Waals surface area (Å²) in [7, 11) is 0. The zero-order valence-electron chi connectivity index (χ0n) is 22.2. The molecule has 0 bridgehead atoms. The van der Waals surface area contributed by atoms with Gasteiger partial charge in [0, 0.05) is 42.9 Å². The maximum absolute atomic E-state index is 13.4. The van der Waals surface area contributed by atoms with Crippen molar-refractivity contribution in [3.8, 4) is 6.07 Å². The summed E-state index contributed by atoms with van der Waals surface area (Å²) in [4.78, 5) is 42.9. The number of piperazine rings is 1. The molecule has 0 radical (unpaired) electrons. The molecule has 2 heterocycles. The molecule has 8 nitrogen and oxygen atoms in total. The van der Waals surface area contributed by atoms with Crippen molar-refractivity contribution in [3.05, 3.63) is 40.5 Å². The number of imide groups is 1. The molecular formula is C27H34F3N5O3. The average molecular weight is 534 g/mol. The van der Waals surface area contributed by atoms with E-state index in [1.807, 2.05) is 25.7 Å². The van der Waals surface area contributed by atoms with Crippen LogP contribution in [0, 0.1) is 11.3 Å². The van der Waals surface area contributed by atoms with E-state index in [9.17, 15) is 27.6 Å². The quantitative estimate of drug-likeness (QED) is 0.413. The van der Waals surface area contributed by atoms with Crippen LogP contribution in [0.15, 0.2) is 29.3 Å². The van der Waals surface area contributed by atoms with Gasteiger partial charge in [-0.15, -0.1) is 0 Å². The van der Waals surface area contributed by atoms with Gasteiger partial charge in [0.05, 0.1) is 22.9 Å². The summed E-state index contributed by atoms with van der Waals surface area (Å²) in [5.41, 5.74) is -1.68. The average Bonchev–Trinajstić information content (AvgIpc) is 3.05. The van der Waals surface area contributed by atoms with Gasteiger partial charge in [0.15, 0.2) is 0 Å². The smallest absolute Gasteiger partial charge is 0.333 e. The van der Waals surface area contributed by atoms with Crippen LogP contribution in [0.4, 0.5) is 23.7 Å². The second-order valence-corrected chi connectivity index (χ2v) is 10.7. The zero-order valence-corrected chi connectivity index (χ0v) is 22.2. The first-order chi connectivity index (χ1) is 17.7. The van der Waals surface area contributed by atoms with E-state index in [0.717, 1.165) is 43.4 Å². The minimum atomic E-state index is -4.79. The first kappa shape index (κ1) is 29.2. The number of hydrogen-bond donors (Lipinski definition) is 1. The summed E-state index contributed by atoms with van der Waals surface area (Å²) >= 11 is 0. The Balaban J connectivity index is 1.48. The van der Waals surface area contributed by atoms with Crippen LogP contribution in [-0.4, -0.2) is 65.9 Å². The zero-order chi connectivity index (χ0) is 28.3. The Kier molecular flexibility index (Phi) is 8.87. The highest BCUT2D eigenvalue weighted by atomic mass is 19.4. The number of nitrogens with zero attached hydrogens (tertiary/aromatic N) is 4. The predicted molar refractivity (Wildman–Crippen MR) is 136 cm³/mol. The standard InChI is InChI=1S/C27H34F3N5O3/c1-18-21(8-6-5-7-11-33-12-14-34(15-13-33)25(38)32-26(2,3)4)24(37)35(23(18)36)20-10-9-19(17-31)22(16-20)27(28,29)30/h9-10,16H,5-8,11-15H2,1-4H3,(H,32,38). The molecule has 1 aromatic rings. The molecule has 2 aliphatic rings. The first-order valence-electron chi connectivity index (χ1n) is 12.7. The van der Waals surface area contributed by atoms with Crippen LogP contribution in [0.3, 0.4) is 0 Å². The lowest BCUT2D eigenvalue weighted by Gasteiger charge is -2.36. The fraction of sp³-hybridized carbons (Fsp3) is 0.556. The van der Waals surface area contributed by atoms with Crippen LogP contribution in [0.2, 0.25) is 0 Å². The number of alkyl halides is 3. The van der Waals surface area contributed by atoms with E-state index in [1.165, 1.54) is 19.1 Å². The maximum Gasteiger partial charge on any atom is 0.417 e. The van der Waals surface area contributed by atoms with Gasteiger partial charge in [-0.1, -0.05) is 6.42 Å². The number of hydrogen-bond acceptors (Lipinski definition) is 5. The number of unbranched alkanes of at least 4 members (excludes halogenated alkanes) is 2. The first-order valence-corrected chi connectivity index (χ1v) is 12.7. The Morgan fingerprint density at radius 2 is 1.68 bits per heavy atom. The summed E-state index contributed by atoms with van der Waals surface area (Å²) in [6.07, 6.45) is -2.07. The van der Waals surface area contributed by atoms with Gasteiger partial charge >= 0.3 is 12.2 Å². The minimum Gasteiger partial charge on any atom is -0.333 e. The molecule has 0 spiro atoms. The SMILES string of the molecule is CC1=C(CCCCCN2CCN(C(=O)NC(C)(C)C)CC2)C(=O)N(c2ccc(C#N)c(C(F)(F)F)c2)C1=O.